The van der Waals surface area contributed by atoms with Gasteiger partial charge in [0, 0.05) is 47.9 Å². The molecule has 0 aliphatic carbocycles. The molecule has 26 heavy (non-hydrogen) atoms. The van der Waals surface area contributed by atoms with Crippen molar-refractivity contribution < 1.29 is 5.11 Å². The highest BCUT2D eigenvalue weighted by Gasteiger charge is 2.08. The highest BCUT2D eigenvalue weighted by molar-refractivity contribution is 6.31. The Hall–Kier alpha value is -2.70. The van der Waals surface area contributed by atoms with Crippen LogP contribution in [-0.4, -0.2) is 33.2 Å². The maximum atomic E-state index is 8.96. The van der Waals surface area contributed by atoms with Crippen LogP contribution in [0.25, 0.3) is 11.3 Å². The first-order valence-electron chi connectivity index (χ1n) is 8.33. The van der Waals surface area contributed by atoms with Gasteiger partial charge >= 0.3 is 0 Å². The van der Waals surface area contributed by atoms with Crippen LogP contribution in [0.5, 0.6) is 0 Å². The predicted molar refractivity (Wildman–Crippen MR) is 105 cm³/mol. The maximum absolute atomic E-state index is 8.96. The Morgan fingerprint density at radius 2 is 1.88 bits per heavy atom. The highest BCUT2D eigenvalue weighted by atomic mass is 35.5. The lowest BCUT2D eigenvalue weighted by atomic mass is 10.2. The molecular formula is C19H20ClN5O. The fourth-order valence-electron chi connectivity index (χ4n) is 2.41. The minimum atomic E-state index is 0.117. The average Bonchev–Trinajstić information content (AvgIpc) is 2.66. The van der Waals surface area contributed by atoms with E-state index in [1.54, 1.807) is 12.4 Å². The largest absolute Gasteiger partial charge is 0.396 e. The number of hydrogen-bond donors (Lipinski definition) is 3. The topological polar surface area (TPSA) is 83.0 Å². The fourth-order valence-corrected chi connectivity index (χ4v) is 2.53. The number of benzene rings is 1. The van der Waals surface area contributed by atoms with Crippen LogP contribution in [0.4, 0.5) is 17.5 Å². The van der Waals surface area contributed by atoms with Crippen molar-refractivity contribution in [3.8, 4) is 11.3 Å². The summed E-state index contributed by atoms with van der Waals surface area (Å²) in [4.78, 5) is 13.1. The summed E-state index contributed by atoms with van der Waals surface area (Å²) >= 11 is 6.10. The highest BCUT2D eigenvalue weighted by Crippen LogP contribution is 2.25. The van der Waals surface area contributed by atoms with E-state index < -0.39 is 0 Å². The number of aryl methyl sites for hydroxylation is 1. The van der Waals surface area contributed by atoms with Crippen molar-refractivity contribution >= 4 is 29.1 Å². The third kappa shape index (κ3) is 4.68. The molecule has 6 nitrogen and oxygen atoms in total. The zero-order chi connectivity index (χ0) is 18.4. The number of pyridine rings is 1. The monoisotopic (exact) mass is 369 g/mol. The standard InChI is InChI=1S/C19H20ClN5O/c1-13-11-15(3-4-16(13)20)23-18-12-17(14-5-8-21-9-6-14)24-19(25-18)22-7-2-10-26/h3-6,8-9,11-12,26H,2,7,10H2,1H3,(H2,22,23,24,25). The second kappa shape index (κ2) is 8.60. The van der Waals surface area contributed by atoms with Crippen LogP contribution in [0.2, 0.25) is 5.02 Å². The molecule has 0 spiro atoms. The first kappa shape index (κ1) is 18.1. The molecule has 0 atom stereocenters. The van der Waals surface area contributed by atoms with E-state index in [1.165, 1.54) is 0 Å². The number of aliphatic hydroxyl groups excluding tert-OH is 1. The lowest BCUT2D eigenvalue weighted by molar-refractivity contribution is 0.292. The van der Waals surface area contributed by atoms with Gasteiger partial charge in [0.2, 0.25) is 5.95 Å². The smallest absolute Gasteiger partial charge is 0.225 e. The molecule has 0 bridgehead atoms. The minimum Gasteiger partial charge on any atom is -0.396 e. The van der Waals surface area contributed by atoms with Crippen LogP contribution in [0.1, 0.15) is 12.0 Å². The second-order valence-electron chi connectivity index (χ2n) is 5.79. The number of anilines is 3. The van der Waals surface area contributed by atoms with Crippen molar-refractivity contribution in [3.05, 3.63) is 59.4 Å². The van der Waals surface area contributed by atoms with Gasteiger partial charge < -0.3 is 15.7 Å². The van der Waals surface area contributed by atoms with Gasteiger partial charge in [-0.2, -0.15) is 4.98 Å². The number of rotatable bonds is 7. The Labute approximate surface area is 157 Å². The molecule has 0 amide bonds. The summed E-state index contributed by atoms with van der Waals surface area (Å²) in [6.45, 7) is 2.67. The van der Waals surface area contributed by atoms with Gasteiger partial charge in [0.1, 0.15) is 5.82 Å². The lowest BCUT2D eigenvalue weighted by Crippen LogP contribution is -2.08. The van der Waals surface area contributed by atoms with Crippen molar-refractivity contribution in [2.45, 2.75) is 13.3 Å². The molecule has 2 aromatic heterocycles. The molecule has 2 heterocycles. The number of aliphatic hydroxyl groups is 1. The number of halogens is 1. The molecule has 3 aromatic rings. The molecule has 7 heteroatoms. The second-order valence-corrected chi connectivity index (χ2v) is 6.20. The van der Waals surface area contributed by atoms with E-state index in [-0.39, 0.29) is 6.61 Å². The van der Waals surface area contributed by atoms with Gasteiger partial charge in [-0.05, 0) is 49.2 Å². The Morgan fingerprint density at radius 1 is 1.08 bits per heavy atom. The van der Waals surface area contributed by atoms with Crippen LogP contribution in [0.3, 0.4) is 0 Å². The Kier molecular flexibility index (Phi) is 5.99. The third-order valence-corrected chi connectivity index (χ3v) is 4.17. The molecule has 3 rings (SSSR count). The summed E-state index contributed by atoms with van der Waals surface area (Å²) in [6.07, 6.45) is 4.08. The van der Waals surface area contributed by atoms with Crippen LogP contribution in [0.15, 0.2) is 48.8 Å². The average molecular weight is 370 g/mol. The van der Waals surface area contributed by atoms with Gasteiger partial charge in [-0.15, -0.1) is 0 Å². The summed E-state index contributed by atoms with van der Waals surface area (Å²) in [5.74, 6) is 1.17. The van der Waals surface area contributed by atoms with E-state index in [2.05, 4.69) is 25.6 Å². The van der Waals surface area contributed by atoms with Gasteiger partial charge in [0.25, 0.3) is 0 Å². The molecule has 0 aliphatic heterocycles. The lowest BCUT2D eigenvalue weighted by Gasteiger charge is -2.12. The normalized spacial score (nSPS) is 10.6. The van der Waals surface area contributed by atoms with Gasteiger partial charge in [-0.25, -0.2) is 4.98 Å². The zero-order valence-corrected chi connectivity index (χ0v) is 15.2. The van der Waals surface area contributed by atoms with Gasteiger partial charge in [0.15, 0.2) is 0 Å². The summed E-state index contributed by atoms with van der Waals surface area (Å²) in [5, 5.41) is 16.1. The predicted octanol–water partition coefficient (Wildman–Crippen LogP) is 4.04. The Bertz CT molecular complexity index is 873. The Balaban J connectivity index is 1.91. The molecule has 134 valence electrons. The SMILES string of the molecule is Cc1cc(Nc2cc(-c3ccncc3)nc(NCCCO)n2)ccc1Cl. The molecule has 0 fully saturated rings. The van der Waals surface area contributed by atoms with Crippen LogP contribution in [0, 0.1) is 6.92 Å². The molecular weight excluding hydrogens is 350 g/mol. The van der Waals surface area contributed by atoms with Crippen molar-refractivity contribution in [2.75, 3.05) is 23.8 Å². The maximum Gasteiger partial charge on any atom is 0.225 e. The summed E-state index contributed by atoms with van der Waals surface area (Å²) < 4.78 is 0. The number of nitrogens with one attached hydrogen (secondary N) is 2. The summed E-state index contributed by atoms with van der Waals surface area (Å²) in [6, 6.07) is 11.4. The molecule has 0 radical (unpaired) electrons. The Morgan fingerprint density at radius 3 is 2.62 bits per heavy atom. The van der Waals surface area contributed by atoms with Crippen LogP contribution in [-0.2, 0) is 0 Å². The van der Waals surface area contributed by atoms with E-state index in [4.69, 9.17) is 16.7 Å². The number of hydrogen-bond acceptors (Lipinski definition) is 6. The first-order chi connectivity index (χ1) is 12.7. The van der Waals surface area contributed by atoms with Crippen molar-refractivity contribution in [3.63, 3.8) is 0 Å². The van der Waals surface area contributed by atoms with Crippen molar-refractivity contribution in [2.24, 2.45) is 0 Å². The van der Waals surface area contributed by atoms with E-state index >= 15 is 0 Å². The molecule has 1 aromatic carbocycles. The van der Waals surface area contributed by atoms with Gasteiger partial charge in [-0.3, -0.25) is 4.98 Å². The first-order valence-corrected chi connectivity index (χ1v) is 8.71. The van der Waals surface area contributed by atoms with Gasteiger partial charge in [-0.1, -0.05) is 11.6 Å². The van der Waals surface area contributed by atoms with Crippen molar-refractivity contribution in [1.82, 2.24) is 15.0 Å². The van der Waals surface area contributed by atoms with E-state index in [0.717, 1.165) is 27.5 Å². The molecule has 0 aliphatic rings. The molecule has 0 saturated heterocycles. The summed E-state index contributed by atoms with van der Waals surface area (Å²) in [5.41, 5.74) is 3.61. The van der Waals surface area contributed by atoms with Crippen LogP contribution < -0.4 is 10.6 Å². The minimum absolute atomic E-state index is 0.117. The van der Waals surface area contributed by atoms with Crippen LogP contribution >= 0.6 is 11.6 Å². The molecule has 3 N–H and O–H groups in total. The van der Waals surface area contributed by atoms with E-state index in [9.17, 15) is 0 Å². The zero-order valence-electron chi connectivity index (χ0n) is 14.4. The number of nitrogens with zero attached hydrogens (tertiary/aromatic N) is 3. The molecule has 0 saturated carbocycles. The fraction of sp³-hybridized carbons (Fsp3) is 0.211. The van der Waals surface area contributed by atoms with Gasteiger partial charge in [0.05, 0.1) is 5.69 Å². The van der Waals surface area contributed by atoms with E-state index in [1.807, 2.05) is 43.3 Å². The summed E-state index contributed by atoms with van der Waals surface area (Å²) in [7, 11) is 0. The quantitative estimate of drug-likeness (QED) is 0.545. The van der Waals surface area contributed by atoms with Crippen molar-refractivity contribution in [1.29, 1.82) is 0 Å². The van der Waals surface area contributed by atoms with E-state index in [0.29, 0.717) is 24.7 Å². The molecule has 0 unspecified atom stereocenters. The third-order valence-electron chi connectivity index (χ3n) is 3.75. The number of aromatic nitrogens is 3.